The Morgan fingerprint density at radius 1 is 1.30 bits per heavy atom. The monoisotopic (exact) mass is 292 g/mol. The maximum atomic E-state index is 13.2. The average molecular weight is 292 g/mol. The van der Waals surface area contributed by atoms with Gasteiger partial charge in [0.05, 0.1) is 5.56 Å². The molecule has 20 heavy (non-hydrogen) atoms. The van der Waals surface area contributed by atoms with Crippen molar-refractivity contribution in [3.63, 3.8) is 0 Å². The SMILES string of the molecule is CSc1cccc(Oc2cccc(F)c2)c1/C(N)=N/O. The van der Waals surface area contributed by atoms with Gasteiger partial charge in [0.15, 0.2) is 5.84 Å². The molecule has 4 nitrogen and oxygen atoms in total. The van der Waals surface area contributed by atoms with Crippen LogP contribution in [0.3, 0.4) is 0 Å². The first-order chi connectivity index (χ1) is 9.65. The van der Waals surface area contributed by atoms with E-state index in [0.717, 1.165) is 4.90 Å². The van der Waals surface area contributed by atoms with Gasteiger partial charge >= 0.3 is 0 Å². The number of hydrogen-bond acceptors (Lipinski definition) is 4. The van der Waals surface area contributed by atoms with Crippen LogP contribution in [-0.2, 0) is 0 Å². The number of nitrogens with two attached hydrogens (primary N) is 1. The second-order valence-corrected chi connectivity index (χ2v) is 4.73. The van der Waals surface area contributed by atoms with Crippen molar-refractivity contribution in [2.75, 3.05) is 6.26 Å². The molecule has 0 bridgehead atoms. The van der Waals surface area contributed by atoms with E-state index in [1.165, 1.54) is 23.9 Å². The normalized spacial score (nSPS) is 11.4. The Balaban J connectivity index is 2.46. The van der Waals surface area contributed by atoms with Gasteiger partial charge in [0.1, 0.15) is 17.3 Å². The van der Waals surface area contributed by atoms with Crippen LogP contribution in [0.2, 0.25) is 0 Å². The third-order valence-corrected chi connectivity index (χ3v) is 3.38. The first-order valence-electron chi connectivity index (χ1n) is 5.74. The van der Waals surface area contributed by atoms with E-state index in [1.807, 2.05) is 12.3 Å². The second kappa shape index (κ2) is 6.29. The second-order valence-electron chi connectivity index (χ2n) is 3.88. The Kier molecular flexibility index (Phi) is 4.47. The highest BCUT2D eigenvalue weighted by molar-refractivity contribution is 7.98. The maximum Gasteiger partial charge on any atom is 0.175 e. The topological polar surface area (TPSA) is 67.8 Å². The molecule has 0 aliphatic heterocycles. The highest BCUT2D eigenvalue weighted by Crippen LogP contribution is 2.32. The minimum atomic E-state index is -0.395. The lowest BCUT2D eigenvalue weighted by molar-refractivity contribution is 0.318. The van der Waals surface area contributed by atoms with E-state index in [-0.39, 0.29) is 5.84 Å². The fourth-order valence-corrected chi connectivity index (χ4v) is 2.35. The molecule has 0 aromatic heterocycles. The van der Waals surface area contributed by atoms with Crippen LogP contribution in [0.25, 0.3) is 0 Å². The lowest BCUT2D eigenvalue weighted by atomic mass is 10.2. The van der Waals surface area contributed by atoms with E-state index in [1.54, 1.807) is 24.3 Å². The van der Waals surface area contributed by atoms with Crippen LogP contribution in [0.5, 0.6) is 11.5 Å². The Labute approximate surface area is 120 Å². The standard InChI is InChI=1S/C14H13FN2O2S/c1-20-12-7-3-6-11(13(12)14(16)17-18)19-10-5-2-4-9(15)8-10/h2-8,18H,1H3,(H2,16,17). The van der Waals surface area contributed by atoms with Gasteiger partial charge in [0, 0.05) is 11.0 Å². The molecule has 0 atom stereocenters. The molecule has 0 heterocycles. The highest BCUT2D eigenvalue weighted by atomic mass is 32.2. The quantitative estimate of drug-likeness (QED) is 0.298. The number of nitrogens with zero attached hydrogens (tertiary/aromatic N) is 1. The number of rotatable bonds is 4. The first kappa shape index (κ1) is 14.2. The van der Waals surface area contributed by atoms with E-state index in [4.69, 9.17) is 15.7 Å². The van der Waals surface area contributed by atoms with Crippen LogP contribution >= 0.6 is 11.8 Å². The van der Waals surface area contributed by atoms with Gasteiger partial charge in [0.25, 0.3) is 0 Å². The molecule has 0 aliphatic carbocycles. The number of halogens is 1. The van der Waals surface area contributed by atoms with Crippen molar-refractivity contribution in [2.45, 2.75) is 4.90 Å². The van der Waals surface area contributed by atoms with Gasteiger partial charge in [-0.25, -0.2) is 4.39 Å². The third-order valence-electron chi connectivity index (χ3n) is 2.60. The van der Waals surface area contributed by atoms with Gasteiger partial charge in [-0.3, -0.25) is 0 Å². The lowest BCUT2D eigenvalue weighted by Crippen LogP contribution is -2.15. The minimum Gasteiger partial charge on any atom is -0.456 e. The van der Waals surface area contributed by atoms with Crippen LogP contribution in [0.15, 0.2) is 52.5 Å². The molecule has 0 saturated heterocycles. The summed E-state index contributed by atoms with van der Waals surface area (Å²) in [6.07, 6.45) is 1.87. The van der Waals surface area contributed by atoms with Crippen molar-refractivity contribution in [1.29, 1.82) is 0 Å². The molecular weight excluding hydrogens is 279 g/mol. The zero-order valence-electron chi connectivity index (χ0n) is 10.7. The summed E-state index contributed by atoms with van der Waals surface area (Å²) < 4.78 is 18.8. The van der Waals surface area contributed by atoms with Gasteiger partial charge in [-0.05, 0) is 30.5 Å². The van der Waals surface area contributed by atoms with Crippen molar-refractivity contribution in [3.05, 3.63) is 53.8 Å². The van der Waals surface area contributed by atoms with Crippen molar-refractivity contribution in [1.82, 2.24) is 0 Å². The number of benzene rings is 2. The van der Waals surface area contributed by atoms with Gasteiger partial charge in [-0.15, -0.1) is 11.8 Å². The summed E-state index contributed by atoms with van der Waals surface area (Å²) in [4.78, 5) is 0.800. The highest BCUT2D eigenvalue weighted by Gasteiger charge is 2.14. The number of oxime groups is 1. The summed E-state index contributed by atoms with van der Waals surface area (Å²) in [5, 5.41) is 11.9. The molecule has 104 valence electrons. The summed E-state index contributed by atoms with van der Waals surface area (Å²) >= 11 is 1.44. The van der Waals surface area contributed by atoms with Crippen molar-refractivity contribution < 1.29 is 14.3 Å². The van der Waals surface area contributed by atoms with E-state index in [9.17, 15) is 4.39 Å². The molecule has 0 unspecified atom stereocenters. The number of thioether (sulfide) groups is 1. The molecule has 2 aromatic carbocycles. The molecule has 2 aromatic rings. The van der Waals surface area contributed by atoms with Crippen LogP contribution in [-0.4, -0.2) is 17.3 Å². The fraction of sp³-hybridized carbons (Fsp3) is 0.0714. The minimum absolute atomic E-state index is 0.0543. The van der Waals surface area contributed by atoms with E-state index in [2.05, 4.69) is 5.16 Å². The Bertz CT molecular complexity index is 647. The first-order valence-corrected chi connectivity index (χ1v) is 6.96. The molecule has 0 saturated carbocycles. The zero-order chi connectivity index (χ0) is 14.5. The molecule has 3 N–H and O–H groups in total. The smallest absolute Gasteiger partial charge is 0.175 e. The van der Waals surface area contributed by atoms with Gasteiger partial charge in [-0.1, -0.05) is 17.3 Å². The third kappa shape index (κ3) is 3.03. The Morgan fingerprint density at radius 2 is 2.05 bits per heavy atom. The number of ether oxygens (including phenoxy) is 1. The van der Waals surface area contributed by atoms with Crippen molar-refractivity contribution >= 4 is 17.6 Å². The summed E-state index contributed by atoms with van der Waals surface area (Å²) in [7, 11) is 0. The fourth-order valence-electron chi connectivity index (χ4n) is 1.73. The molecule has 2 rings (SSSR count). The van der Waals surface area contributed by atoms with Gasteiger partial charge in [0.2, 0.25) is 0 Å². The van der Waals surface area contributed by atoms with E-state index in [0.29, 0.717) is 17.1 Å². The van der Waals surface area contributed by atoms with Crippen molar-refractivity contribution in [3.8, 4) is 11.5 Å². The zero-order valence-corrected chi connectivity index (χ0v) is 11.5. The predicted octanol–water partition coefficient (Wildman–Crippen LogP) is 3.43. The summed E-state index contributed by atoms with van der Waals surface area (Å²) in [5.74, 6) is 0.295. The molecule has 0 amide bonds. The molecule has 0 aliphatic rings. The van der Waals surface area contributed by atoms with Crippen molar-refractivity contribution in [2.24, 2.45) is 10.9 Å². The van der Waals surface area contributed by atoms with Crippen LogP contribution in [0.1, 0.15) is 5.56 Å². The number of hydrogen-bond donors (Lipinski definition) is 2. The Hall–Kier alpha value is -2.21. The van der Waals surface area contributed by atoms with Crippen LogP contribution < -0.4 is 10.5 Å². The maximum absolute atomic E-state index is 13.2. The molecule has 6 heteroatoms. The van der Waals surface area contributed by atoms with Crippen LogP contribution in [0.4, 0.5) is 4.39 Å². The average Bonchev–Trinajstić information content (AvgIpc) is 2.46. The summed E-state index contributed by atoms with van der Waals surface area (Å²) in [6.45, 7) is 0. The molecule has 0 radical (unpaired) electrons. The largest absolute Gasteiger partial charge is 0.456 e. The summed E-state index contributed by atoms with van der Waals surface area (Å²) in [6, 6.07) is 11.1. The Morgan fingerprint density at radius 3 is 2.70 bits per heavy atom. The van der Waals surface area contributed by atoms with Crippen LogP contribution in [0, 0.1) is 5.82 Å². The molecule has 0 spiro atoms. The molecular formula is C14H13FN2O2S. The van der Waals surface area contributed by atoms with Gasteiger partial charge < -0.3 is 15.7 Å². The number of amidine groups is 1. The predicted molar refractivity (Wildman–Crippen MR) is 77.2 cm³/mol. The molecule has 0 fully saturated rings. The lowest BCUT2D eigenvalue weighted by Gasteiger charge is -2.13. The summed E-state index contributed by atoms with van der Waals surface area (Å²) in [5.41, 5.74) is 6.17. The van der Waals surface area contributed by atoms with E-state index >= 15 is 0 Å². The van der Waals surface area contributed by atoms with Gasteiger partial charge in [-0.2, -0.15) is 0 Å². The van der Waals surface area contributed by atoms with E-state index < -0.39 is 5.82 Å².